The van der Waals surface area contributed by atoms with Crippen molar-refractivity contribution in [2.45, 2.75) is 19.5 Å². The second kappa shape index (κ2) is 11.1. The van der Waals surface area contributed by atoms with Crippen LogP contribution in [-0.2, 0) is 17.9 Å². The second-order valence-electron chi connectivity index (χ2n) is 7.82. The first kappa shape index (κ1) is 23.0. The van der Waals surface area contributed by atoms with Gasteiger partial charge in [-0.15, -0.1) is 0 Å². The largest absolute Gasteiger partial charge is 0.379 e. The summed E-state index contributed by atoms with van der Waals surface area (Å²) in [5.41, 5.74) is 4.88. The van der Waals surface area contributed by atoms with E-state index in [0.29, 0.717) is 18.8 Å². The van der Waals surface area contributed by atoms with Gasteiger partial charge in [0.25, 0.3) is 5.69 Å². The Balaban J connectivity index is 1.56. The molecule has 0 heterocycles. The lowest BCUT2D eigenvalue weighted by atomic mass is 9.98. The van der Waals surface area contributed by atoms with Crippen LogP contribution in [0.3, 0.4) is 0 Å². The van der Waals surface area contributed by atoms with Crippen LogP contribution in [0, 0.1) is 10.1 Å². The molecule has 0 aromatic heterocycles. The Morgan fingerprint density at radius 3 is 2.38 bits per heavy atom. The minimum absolute atomic E-state index is 0.00145. The molecule has 0 radical (unpaired) electrons. The summed E-state index contributed by atoms with van der Waals surface area (Å²) < 4.78 is 0. The number of para-hydroxylation sites is 2. The van der Waals surface area contributed by atoms with Crippen LogP contribution in [0.15, 0.2) is 72.8 Å². The van der Waals surface area contributed by atoms with E-state index in [1.54, 1.807) is 18.2 Å². The molecule has 0 aliphatic carbocycles. The molecule has 0 bridgehead atoms. The number of rotatable bonds is 10. The highest BCUT2D eigenvalue weighted by molar-refractivity contribution is 5.77. The van der Waals surface area contributed by atoms with Gasteiger partial charge in [-0.2, -0.15) is 0 Å². The summed E-state index contributed by atoms with van der Waals surface area (Å²) in [7, 11) is 4.09. The van der Waals surface area contributed by atoms with Crippen molar-refractivity contribution in [3.8, 4) is 11.1 Å². The first-order valence-electron chi connectivity index (χ1n) is 10.5. The average Bonchev–Trinajstić information content (AvgIpc) is 2.78. The number of nitro groups is 1. The Kier molecular flexibility index (Phi) is 7.94. The van der Waals surface area contributed by atoms with E-state index in [0.717, 1.165) is 23.2 Å². The van der Waals surface area contributed by atoms with Crippen molar-refractivity contribution in [3.05, 3.63) is 94.0 Å². The van der Waals surface area contributed by atoms with E-state index in [1.807, 2.05) is 32.3 Å². The number of amides is 1. The monoisotopic (exact) mass is 432 g/mol. The molecule has 3 aromatic carbocycles. The van der Waals surface area contributed by atoms with Crippen molar-refractivity contribution in [1.29, 1.82) is 0 Å². The lowest BCUT2D eigenvalue weighted by molar-refractivity contribution is -0.384. The average molecular weight is 433 g/mol. The number of carbonyl (C=O) groups excluding carboxylic acids is 1. The molecule has 0 unspecified atom stereocenters. The summed E-state index contributed by atoms with van der Waals surface area (Å²) in [4.78, 5) is 25.1. The minimum atomic E-state index is -0.438. The third-order valence-corrected chi connectivity index (χ3v) is 5.03. The Bertz CT molecular complexity index is 1060. The van der Waals surface area contributed by atoms with E-state index < -0.39 is 4.92 Å². The molecule has 7 heteroatoms. The smallest absolute Gasteiger partial charge is 0.292 e. The van der Waals surface area contributed by atoms with Gasteiger partial charge in [0.05, 0.1) is 4.92 Å². The van der Waals surface area contributed by atoms with Crippen LogP contribution >= 0.6 is 0 Å². The van der Waals surface area contributed by atoms with Crippen molar-refractivity contribution in [2.24, 2.45) is 0 Å². The predicted molar refractivity (Wildman–Crippen MR) is 127 cm³/mol. The van der Waals surface area contributed by atoms with Gasteiger partial charge in [0.15, 0.2) is 0 Å². The van der Waals surface area contributed by atoms with Crippen molar-refractivity contribution in [1.82, 2.24) is 10.2 Å². The number of hydrogen-bond acceptors (Lipinski definition) is 5. The Hall–Kier alpha value is -3.71. The zero-order chi connectivity index (χ0) is 22.9. The number of hydrogen-bond donors (Lipinski definition) is 2. The first-order valence-corrected chi connectivity index (χ1v) is 10.5. The quantitative estimate of drug-likeness (QED) is 0.365. The topological polar surface area (TPSA) is 87.5 Å². The Morgan fingerprint density at radius 2 is 1.66 bits per heavy atom. The van der Waals surface area contributed by atoms with Crippen molar-refractivity contribution in [3.63, 3.8) is 0 Å². The third-order valence-electron chi connectivity index (χ3n) is 5.03. The standard InChI is InChI=1S/C25H28N4O3/c1-28(2)18-19-11-13-20(14-12-19)22-8-4-3-7-21(22)17-27-25(30)15-16-26-23-9-5-6-10-24(23)29(31)32/h3-14,26H,15-18H2,1-2H3,(H,27,30). The maximum atomic E-state index is 12.3. The summed E-state index contributed by atoms with van der Waals surface area (Å²) in [6, 6.07) is 22.9. The highest BCUT2D eigenvalue weighted by Crippen LogP contribution is 2.25. The summed E-state index contributed by atoms with van der Waals surface area (Å²) in [5, 5.41) is 17.0. The molecule has 3 aromatic rings. The lowest BCUT2D eigenvalue weighted by Gasteiger charge is -2.13. The number of anilines is 1. The Morgan fingerprint density at radius 1 is 0.969 bits per heavy atom. The van der Waals surface area contributed by atoms with Gasteiger partial charge in [-0.3, -0.25) is 14.9 Å². The SMILES string of the molecule is CN(C)Cc1ccc(-c2ccccc2CNC(=O)CCNc2ccccc2[N+](=O)[O-])cc1. The highest BCUT2D eigenvalue weighted by Gasteiger charge is 2.12. The van der Waals surface area contributed by atoms with Crippen molar-refractivity contribution in [2.75, 3.05) is 26.0 Å². The molecule has 0 saturated carbocycles. The van der Waals surface area contributed by atoms with Crippen LogP contribution < -0.4 is 10.6 Å². The molecule has 7 nitrogen and oxygen atoms in total. The fourth-order valence-corrected chi connectivity index (χ4v) is 3.49. The van der Waals surface area contributed by atoms with E-state index in [1.165, 1.54) is 11.6 Å². The molecule has 32 heavy (non-hydrogen) atoms. The molecular formula is C25H28N4O3. The summed E-state index contributed by atoms with van der Waals surface area (Å²) >= 11 is 0. The van der Waals surface area contributed by atoms with Crippen LogP contribution in [0.1, 0.15) is 17.5 Å². The zero-order valence-corrected chi connectivity index (χ0v) is 18.4. The molecule has 0 atom stereocenters. The fourth-order valence-electron chi connectivity index (χ4n) is 3.49. The molecule has 0 fully saturated rings. The summed E-state index contributed by atoms with van der Waals surface area (Å²) in [6.07, 6.45) is 0.216. The van der Waals surface area contributed by atoms with Crippen LogP contribution in [0.4, 0.5) is 11.4 Å². The number of nitrogens with zero attached hydrogens (tertiary/aromatic N) is 2. The second-order valence-corrected chi connectivity index (χ2v) is 7.82. The fraction of sp³-hybridized carbons (Fsp3) is 0.240. The summed E-state index contributed by atoms with van der Waals surface area (Å²) in [5.74, 6) is -0.118. The molecule has 166 valence electrons. The van der Waals surface area contributed by atoms with E-state index in [-0.39, 0.29) is 18.0 Å². The normalized spacial score (nSPS) is 10.7. The first-order chi connectivity index (χ1) is 15.4. The molecule has 1 amide bonds. The van der Waals surface area contributed by atoms with Gasteiger partial charge in [-0.1, -0.05) is 60.7 Å². The molecule has 0 spiro atoms. The minimum Gasteiger partial charge on any atom is -0.379 e. The van der Waals surface area contributed by atoms with Gasteiger partial charge in [0.2, 0.25) is 5.91 Å². The van der Waals surface area contributed by atoms with Gasteiger partial charge in [-0.25, -0.2) is 0 Å². The number of nitro benzene ring substituents is 1. The van der Waals surface area contributed by atoms with Gasteiger partial charge < -0.3 is 15.5 Å². The van der Waals surface area contributed by atoms with E-state index in [4.69, 9.17) is 0 Å². The third kappa shape index (κ3) is 6.39. The molecule has 0 saturated heterocycles. The summed E-state index contributed by atoms with van der Waals surface area (Å²) in [6.45, 7) is 1.61. The van der Waals surface area contributed by atoms with Gasteiger partial charge in [0.1, 0.15) is 5.69 Å². The highest BCUT2D eigenvalue weighted by atomic mass is 16.6. The van der Waals surface area contributed by atoms with Gasteiger partial charge in [0, 0.05) is 32.1 Å². The maximum Gasteiger partial charge on any atom is 0.292 e. The van der Waals surface area contributed by atoms with Crippen LogP contribution in [0.5, 0.6) is 0 Å². The zero-order valence-electron chi connectivity index (χ0n) is 18.4. The molecular weight excluding hydrogens is 404 g/mol. The van der Waals surface area contributed by atoms with Gasteiger partial charge >= 0.3 is 0 Å². The lowest BCUT2D eigenvalue weighted by Crippen LogP contribution is -2.25. The predicted octanol–water partition coefficient (Wildman–Crippen LogP) is 4.44. The van der Waals surface area contributed by atoms with Crippen LogP contribution in [-0.4, -0.2) is 36.4 Å². The number of benzene rings is 3. The maximum absolute atomic E-state index is 12.3. The van der Waals surface area contributed by atoms with Crippen LogP contribution in [0.2, 0.25) is 0 Å². The number of nitrogens with one attached hydrogen (secondary N) is 2. The van der Waals surface area contributed by atoms with Crippen LogP contribution in [0.25, 0.3) is 11.1 Å². The Labute approximate surface area is 188 Å². The van der Waals surface area contributed by atoms with Crippen molar-refractivity contribution < 1.29 is 9.72 Å². The number of carbonyl (C=O) groups is 1. The molecule has 2 N–H and O–H groups in total. The van der Waals surface area contributed by atoms with Gasteiger partial charge in [-0.05, 0) is 42.4 Å². The van der Waals surface area contributed by atoms with E-state index in [9.17, 15) is 14.9 Å². The van der Waals surface area contributed by atoms with E-state index in [2.05, 4.69) is 45.9 Å². The molecule has 0 aliphatic rings. The van der Waals surface area contributed by atoms with E-state index >= 15 is 0 Å². The molecule has 3 rings (SSSR count). The van der Waals surface area contributed by atoms with Crippen molar-refractivity contribution >= 4 is 17.3 Å². The molecule has 0 aliphatic heterocycles.